The molecule has 0 radical (unpaired) electrons. The fourth-order valence-corrected chi connectivity index (χ4v) is 4.33. The lowest BCUT2D eigenvalue weighted by molar-refractivity contribution is -0.126. The highest BCUT2D eigenvalue weighted by Gasteiger charge is 2.23. The number of aromatic amines is 2. The Bertz CT molecular complexity index is 1680. The second kappa shape index (κ2) is 16.8. The van der Waals surface area contributed by atoms with Crippen LogP contribution < -0.4 is 25.8 Å². The zero-order valence-electron chi connectivity index (χ0n) is 26.5. The number of unbranched alkanes of at least 4 members (excludes halogenated alkanes) is 1. The molecule has 0 saturated carbocycles. The van der Waals surface area contributed by atoms with E-state index < -0.39 is 17.7 Å². The summed E-state index contributed by atoms with van der Waals surface area (Å²) in [7, 11) is 0. The molecule has 244 valence electrons. The Kier molecular flexibility index (Phi) is 12.3. The van der Waals surface area contributed by atoms with Gasteiger partial charge in [-0.05, 0) is 75.3 Å². The van der Waals surface area contributed by atoms with Gasteiger partial charge in [0.2, 0.25) is 12.0 Å². The highest BCUT2D eigenvalue weighted by molar-refractivity contribution is 6.10. The third-order valence-corrected chi connectivity index (χ3v) is 6.90. The van der Waals surface area contributed by atoms with Crippen LogP contribution in [0.2, 0.25) is 0 Å². The van der Waals surface area contributed by atoms with Gasteiger partial charge in [-0.2, -0.15) is 20.2 Å². The number of carbonyl (C=O) groups is 2. The predicted octanol–water partition coefficient (Wildman–Crippen LogP) is 4.75. The van der Waals surface area contributed by atoms with Gasteiger partial charge in [-0.3, -0.25) is 9.59 Å². The molecule has 15 nitrogen and oxygen atoms in total. The van der Waals surface area contributed by atoms with Gasteiger partial charge in [-0.1, -0.05) is 27.2 Å². The Hall–Kier alpha value is -5.18. The summed E-state index contributed by atoms with van der Waals surface area (Å²) in [6.07, 6.45) is 2.66. The number of amides is 1. The van der Waals surface area contributed by atoms with Crippen LogP contribution in [0.5, 0.6) is 12.0 Å². The maximum atomic E-state index is 12.8. The number of imidazole rings is 1. The van der Waals surface area contributed by atoms with Gasteiger partial charge >= 0.3 is 17.7 Å². The third-order valence-electron chi connectivity index (χ3n) is 6.90. The number of hydrogen-bond acceptors (Lipinski definition) is 12. The van der Waals surface area contributed by atoms with Gasteiger partial charge in [0.1, 0.15) is 0 Å². The number of fused-ring (bicyclic) bond motifs is 1. The number of nitrogens with zero attached hydrogens (tertiary/aromatic N) is 6. The molecule has 46 heavy (non-hydrogen) atoms. The van der Waals surface area contributed by atoms with E-state index in [-0.39, 0.29) is 23.7 Å². The lowest BCUT2D eigenvalue weighted by atomic mass is 10.2. The summed E-state index contributed by atoms with van der Waals surface area (Å²) in [5.74, 6) is -0.872. The number of H-pyrrole nitrogens is 2. The zero-order valence-corrected chi connectivity index (χ0v) is 26.5. The molecule has 0 spiro atoms. The minimum absolute atomic E-state index is 0.170. The van der Waals surface area contributed by atoms with Crippen LogP contribution >= 0.6 is 0 Å². The van der Waals surface area contributed by atoms with Crippen LogP contribution in [-0.4, -0.2) is 80.4 Å². The van der Waals surface area contributed by atoms with Crippen LogP contribution in [0.1, 0.15) is 47.0 Å². The number of Topliss-reactive ketones (excluding diaryl/α,β-unsaturated/α-hetero) is 1. The van der Waals surface area contributed by atoms with Crippen molar-refractivity contribution in [2.75, 3.05) is 43.5 Å². The molecule has 0 bridgehead atoms. The Balaban J connectivity index is 1.40. The van der Waals surface area contributed by atoms with E-state index in [1.165, 1.54) is 6.92 Å². The summed E-state index contributed by atoms with van der Waals surface area (Å²) in [6, 6.07) is 10.6. The van der Waals surface area contributed by atoms with Gasteiger partial charge in [0.15, 0.2) is 5.78 Å². The molecule has 2 heterocycles. The second-order valence-corrected chi connectivity index (χ2v) is 10.4. The standard InChI is InChI=1S/C31H40N10O5/c1-5-8-17-45-30-36-28(37-31(38-30)46-18-9-16-41(6-2)7-3)33-21-10-12-22(13-11-21)39-40-26(20(4)42)27(43)32-23-14-15-24-25(19-23)35-29(44)34-24/h10-15,19,26H,5-9,16-18H2,1-4H3,(H,32,43)(H2,34,35,44)(H,33,36,37,38)/b40-39+. The fraction of sp³-hybridized carbons (Fsp3) is 0.419. The number of ether oxygens (including phenoxy) is 2. The molecule has 0 fully saturated rings. The molecule has 2 aromatic carbocycles. The molecule has 2 aromatic heterocycles. The quantitative estimate of drug-likeness (QED) is 0.0676. The van der Waals surface area contributed by atoms with Crippen LogP contribution in [0.3, 0.4) is 0 Å². The minimum atomic E-state index is -1.36. The molecule has 0 aliphatic rings. The number of hydrogen-bond donors (Lipinski definition) is 4. The van der Waals surface area contributed by atoms with Crippen molar-refractivity contribution < 1.29 is 19.1 Å². The van der Waals surface area contributed by atoms with Gasteiger partial charge in [0, 0.05) is 17.9 Å². The van der Waals surface area contributed by atoms with Crippen LogP contribution in [0.4, 0.5) is 23.0 Å². The maximum absolute atomic E-state index is 12.8. The topological polar surface area (TPSA) is 192 Å². The number of azo groups is 1. The van der Waals surface area contributed by atoms with E-state index in [2.05, 4.69) is 71.5 Å². The van der Waals surface area contributed by atoms with Gasteiger partial charge in [-0.25, -0.2) is 4.79 Å². The number of rotatable bonds is 18. The summed E-state index contributed by atoms with van der Waals surface area (Å²) in [5.41, 5.74) is 2.22. The molecular weight excluding hydrogens is 592 g/mol. The summed E-state index contributed by atoms with van der Waals surface area (Å²) in [6.45, 7) is 11.4. The molecule has 1 unspecified atom stereocenters. The SMILES string of the molecule is CCCCOc1nc(Nc2ccc(/N=N/C(C(C)=O)C(=O)Nc3ccc4[nH]c(=O)[nH]c4c3)cc2)nc(OCCCN(CC)CC)n1. The molecule has 0 aliphatic carbocycles. The number of benzene rings is 2. The highest BCUT2D eigenvalue weighted by atomic mass is 16.5. The largest absolute Gasteiger partial charge is 0.463 e. The van der Waals surface area contributed by atoms with Crippen molar-refractivity contribution >= 4 is 45.7 Å². The molecule has 0 saturated heterocycles. The smallest absolute Gasteiger partial charge is 0.324 e. The van der Waals surface area contributed by atoms with E-state index in [1.807, 2.05) is 0 Å². The number of anilines is 3. The average molecular weight is 633 g/mol. The molecule has 4 N–H and O–H groups in total. The van der Waals surface area contributed by atoms with Crippen molar-refractivity contribution in [3.63, 3.8) is 0 Å². The Morgan fingerprint density at radius 2 is 1.54 bits per heavy atom. The molecule has 4 aromatic rings. The highest BCUT2D eigenvalue weighted by Crippen LogP contribution is 2.22. The zero-order chi connectivity index (χ0) is 32.9. The van der Waals surface area contributed by atoms with Gasteiger partial charge in [-0.15, -0.1) is 4.98 Å². The first-order valence-corrected chi connectivity index (χ1v) is 15.3. The molecule has 1 atom stereocenters. The number of ketones is 1. The molecular formula is C31H40N10O5. The van der Waals surface area contributed by atoms with E-state index in [4.69, 9.17) is 9.47 Å². The average Bonchev–Trinajstić information content (AvgIpc) is 3.41. The van der Waals surface area contributed by atoms with Crippen molar-refractivity contribution in [2.45, 2.75) is 53.0 Å². The molecule has 0 aliphatic heterocycles. The van der Waals surface area contributed by atoms with Crippen molar-refractivity contribution in [2.24, 2.45) is 10.2 Å². The lowest BCUT2D eigenvalue weighted by Gasteiger charge is -2.17. The van der Waals surface area contributed by atoms with Crippen molar-refractivity contribution in [3.8, 4) is 12.0 Å². The Morgan fingerprint density at radius 1 is 0.891 bits per heavy atom. The van der Waals surface area contributed by atoms with Crippen LogP contribution in [0, 0.1) is 0 Å². The third kappa shape index (κ3) is 9.92. The normalized spacial score (nSPS) is 12.0. The van der Waals surface area contributed by atoms with E-state index in [0.717, 1.165) is 38.9 Å². The fourth-order valence-electron chi connectivity index (χ4n) is 4.33. The van der Waals surface area contributed by atoms with Crippen molar-refractivity contribution in [1.82, 2.24) is 29.8 Å². The minimum Gasteiger partial charge on any atom is -0.463 e. The number of carbonyl (C=O) groups excluding carboxylic acids is 2. The maximum Gasteiger partial charge on any atom is 0.324 e. The van der Waals surface area contributed by atoms with Crippen LogP contribution in [-0.2, 0) is 9.59 Å². The van der Waals surface area contributed by atoms with Gasteiger partial charge in [0.25, 0.3) is 5.91 Å². The second-order valence-electron chi connectivity index (χ2n) is 10.4. The van der Waals surface area contributed by atoms with Gasteiger partial charge in [0.05, 0.1) is 29.9 Å². The lowest BCUT2D eigenvalue weighted by Crippen LogP contribution is -2.31. The number of aromatic nitrogens is 5. The van der Waals surface area contributed by atoms with Crippen molar-refractivity contribution in [3.05, 3.63) is 52.9 Å². The molecule has 15 heteroatoms. The van der Waals surface area contributed by atoms with E-state index in [9.17, 15) is 14.4 Å². The van der Waals surface area contributed by atoms with E-state index in [0.29, 0.717) is 41.3 Å². The predicted molar refractivity (Wildman–Crippen MR) is 174 cm³/mol. The summed E-state index contributed by atoms with van der Waals surface area (Å²) in [4.78, 5) is 57.2. The molecule has 4 rings (SSSR count). The number of nitrogens with one attached hydrogen (secondary N) is 4. The van der Waals surface area contributed by atoms with Crippen LogP contribution in [0.15, 0.2) is 57.5 Å². The summed E-state index contributed by atoms with van der Waals surface area (Å²) < 4.78 is 11.5. The van der Waals surface area contributed by atoms with Crippen LogP contribution in [0.25, 0.3) is 11.0 Å². The first-order chi connectivity index (χ1) is 22.3. The van der Waals surface area contributed by atoms with Gasteiger partial charge < -0.3 is 35.0 Å². The molecule has 1 amide bonds. The first-order valence-electron chi connectivity index (χ1n) is 15.3. The summed E-state index contributed by atoms with van der Waals surface area (Å²) in [5, 5.41) is 13.9. The van der Waals surface area contributed by atoms with Crippen molar-refractivity contribution in [1.29, 1.82) is 0 Å². The first kappa shape index (κ1) is 33.7. The van der Waals surface area contributed by atoms with E-state index in [1.54, 1.807) is 42.5 Å². The Labute approximate surface area is 266 Å². The van der Waals surface area contributed by atoms with E-state index >= 15 is 0 Å². The monoisotopic (exact) mass is 632 g/mol. The summed E-state index contributed by atoms with van der Waals surface area (Å²) >= 11 is 0. The Morgan fingerprint density at radius 3 is 2.20 bits per heavy atom.